The highest BCUT2D eigenvalue weighted by Crippen LogP contribution is 2.36. The summed E-state index contributed by atoms with van der Waals surface area (Å²) in [4.78, 5) is 14.5. The molecular weight excluding hydrogens is 319 g/mol. The Hall–Kier alpha value is -2.24. The molecule has 0 fully saturated rings. The van der Waals surface area contributed by atoms with Gasteiger partial charge in [0.05, 0.1) is 18.7 Å². The zero-order valence-electron chi connectivity index (χ0n) is 14.3. The third-order valence-electron chi connectivity index (χ3n) is 4.52. The van der Waals surface area contributed by atoms with E-state index in [2.05, 4.69) is 5.32 Å². The zero-order valence-corrected chi connectivity index (χ0v) is 14.3. The average molecular weight is 342 g/mol. The predicted molar refractivity (Wildman–Crippen MR) is 94.7 cm³/mol. The third kappa shape index (κ3) is 3.89. The maximum atomic E-state index is 14.2. The van der Waals surface area contributed by atoms with E-state index < -0.39 is 6.10 Å². The van der Waals surface area contributed by atoms with Crippen molar-refractivity contribution in [3.8, 4) is 0 Å². The molecule has 0 saturated carbocycles. The fraction of sp³-hybridized carbons (Fsp3) is 0.350. The van der Waals surface area contributed by atoms with Crippen molar-refractivity contribution in [2.24, 2.45) is 0 Å². The molecule has 0 radical (unpaired) electrons. The number of halogens is 1. The fourth-order valence-corrected chi connectivity index (χ4v) is 3.38. The lowest BCUT2D eigenvalue weighted by Gasteiger charge is -2.38. The van der Waals surface area contributed by atoms with E-state index in [4.69, 9.17) is 0 Å². The molecule has 2 atom stereocenters. The number of aliphatic hydroxyl groups is 1. The molecule has 2 aromatic carbocycles. The van der Waals surface area contributed by atoms with Gasteiger partial charge in [-0.2, -0.15) is 0 Å². The van der Waals surface area contributed by atoms with Crippen LogP contribution in [-0.4, -0.2) is 41.7 Å². The Morgan fingerprint density at radius 1 is 1.28 bits per heavy atom. The van der Waals surface area contributed by atoms with Gasteiger partial charge in [-0.15, -0.1) is 0 Å². The molecule has 0 aromatic heterocycles. The van der Waals surface area contributed by atoms with Gasteiger partial charge in [-0.1, -0.05) is 42.5 Å². The third-order valence-corrected chi connectivity index (χ3v) is 4.52. The van der Waals surface area contributed by atoms with E-state index in [0.717, 1.165) is 11.1 Å². The molecule has 1 aliphatic heterocycles. The summed E-state index contributed by atoms with van der Waals surface area (Å²) in [6, 6.07) is 14.5. The first-order valence-electron chi connectivity index (χ1n) is 8.58. The number of benzene rings is 2. The molecule has 25 heavy (non-hydrogen) atoms. The molecule has 0 bridgehead atoms. The standard InChI is InChI=1S/C20H23FN2O2/c1-14(24)12-22-13-19(25)23-11-10-16-17(8-5-9-18(16)21)20(23)15-6-3-2-4-7-15/h2-9,14,20,22,24H,10-13H2,1H3/t14-,20?/m1/s1. The Balaban J connectivity index is 1.91. The van der Waals surface area contributed by atoms with E-state index >= 15 is 0 Å². The molecule has 5 heteroatoms. The van der Waals surface area contributed by atoms with Gasteiger partial charge in [-0.3, -0.25) is 4.79 Å². The van der Waals surface area contributed by atoms with Crippen molar-refractivity contribution in [3.05, 3.63) is 71.0 Å². The Morgan fingerprint density at radius 3 is 2.76 bits per heavy atom. The minimum absolute atomic E-state index is 0.0515. The van der Waals surface area contributed by atoms with E-state index in [1.807, 2.05) is 36.4 Å². The number of nitrogens with zero attached hydrogens (tertiary/aromatic N) is 1. The van der Waals surface area contributed by atoms with Crippen LogP contribution in [0.2, 0.25) is 0 Å². The van der Waals surface area contributed by atoms with E-state index in [-0.39, 0.29) is 24.3 Å². The molecule has 132 valence electrons. The van der Waals surface area contributed by atoms with Crippen molar-refractivity contribution in [2.45, 2.75) is 25.5 Å². The summed E-state index contributed by atoms with van der Waals surface area (Å²) in [5.41, 5.74) is 2.51. The van der Waals surface area contributed by atoms with Gasteiger partial charge >= 0.3 is 0 Å². The molecule has 1 amide bonds. The number of nitrogens with one attached hydrogen (secondary N) is 1. The second-order valence-electron chi connectivity index (χ2n) is 6.44. The first-order chi connectivity index (χ1) is 12.1. The van der Waals surface area contributed by atoms with Crippen LogP contribution in [0.25, 0.3) is 0 Å². The van der Waals surface area contributed by atoms with Crippen molar-refractivity contribution in [1.82, 2.24) is 10.2 Å². The minimum Gasteiger partial charge on any atom is -0.392 e. The number of rotatable bonds is 5. The van der Waals surface area contributed by atoms with Crippen molar-refractivity contribution < 1.29 is 14.3 Å². The molecule has 2 N–H and O–H groups in total. The summed E-state index contributed by atoms with van der Waals surface area (Å²) in [6.45, 7) is 2.66. The first-order valence-corrected chi connectivity index (χ1v) is 8.58. The summed E-state index contributed by atoms with van der Waals surface area (Å²) in [5, 5.41) is 12.3. The van der Waals surface area contributed by atoms with Crippen LogP contribution >= 0.6 is 0 Å². The Labute approximate surface area is 147 Å². The first kappa shape index (κ1) is 17.6. The second-order valence-corrected chi connectivity index (χ2v) is 6.44. The van der Waals surface area contributed by atoms with E-state index in [9.17, 15) is 14.3 Å². The Morgan fingerprint density at radius 2 is 2.04 bits per heavy atom. The van der Waals surface area contributed by atoms with E-state index in [1.165, 1.54) is 6.07 Å². The van der Waals surface area contributed by atoms with Gasteiger partial charge in [0.1, 0.15) is 5.82 Å². The zero-order chi connectivity index (χ0) is 17.8. The van der Waals surface area contributed by atoms with Gasteiger partial charge in [-0.25, -0.2) is 4.39 Å². The van der Waals surface area contributed by atoms with Gasteiger partial charge in [0.15, 0.2) is 0 Å². The highest BCUT2D eigenvalue weighted by molar-refractivity contribution is 5.79. The lowest BCUT2D eigenvalue weighted by Crippen LogP contribution is -2.45. The smallest absolute Gasteiger partial charge is 0.237 e. The molecule has 0 aliphatic carbocycles. The fourth-order valence-electron chi connectivity index (χ4n) is 3.38. The number of carbonyl (C=O) groups excluding carboxylic acids is 1. The van der Waals surface area contributed by atoms with Crippen molar-refractivity contribution in [1.29, 1.82) is 0 Å². The van der Waals surface area contributed by atoms with E-state index in [0.29, 0.717) is 25.1 Å². The van der Waals surface area contributed by atoms with Gasteiger partial charge in [0, 0.05) is 13.1 Å². The largest absolute Gasteiger partial charge is 0.392 e. The van der Waals surface area contributed by atoms with Crippen LogP contribution in [0.3, 0.4) is 0 Å². The molecule has 4 nitrogen and oxygen atoms in total. The minimum atomic E-state index is -0.506. The topological polar surface area (TPSA) is 52.6 Å². The number of carbonyl (C=O) groups is 1. The molecule has 0 spiro atoms. The second kappa shape index (κ2) is 7.76. The number of hydrogen-bond acceptors (Lipinski definition) is 3. The summed E-state index contributed by atoms with van der Waals surface area (Å²) < 4.78 is 14.2. The van der Waals surface area contributed by atoms with Gasteiger partial charge in [0.25, 0.3) is 0 Å². The van der Waals surface area contributed by atoms with Crippen LogP contribution in [0.1, 0.15) is 29.7 Å². The van der Waals surface area contributed by atoms with Crippen molar-refractivity contribution >= 4 is 5.91 Å². The molecule has 3 rings (SSSR count). The summed E-state index contributed by atoms with van der Waals surface area (Å²) in [7, 11) is 0. The van der Waals surface area contributed by atoms with Crippen molar-refractivity contribution in [3.63, 3.8) is 0 Å². The highest BCUT2D eigenvalue weighted by atomic mass is 19.1. The van der Waals surface area contributed by atoms with Gasteiger partial charge in [0.2, 0.25) is 5.91 Å². The number of amides is 1. The van der Waals surface area contributed by atoms with Crippen LogP contribution in [0.5, 0.6) is 0 Å². The quantitative estimate of drug-likeness (QED) is 0.876. The number of aliphatic hydroxyl groups excluding tert-OH is 1. The van der Waals surface area contributed by atoms with Crippen LogP contribution in [-0.2, 0) is 11.2 Å². The van der Waals surface area contributed by atoms with Crippen molar-refractivity contribution in [2.75, 3.05) is 19.6 Å². The lowest BCUT2D eigenvalue weighted by atomic mass is 9.87. The Bertz CT molecular complexity index is 734. The molecule has 2 aromatic rings. The summed E-state index contributed by atoms with van der Waals surface area (Å²) in [5.74, 6) is -0.262. The van der Waals surface area contributed by atoms with Gasteiger partial charge < -0.3 is 15.3 Å². The summed E-state index contributed by atoms with van der Waals surface area (Å²) in [6.07, 6.45) is 0.00177. The normalized spacial score (nSPS) is 17.9. The highest BCUT2D eigenvalue weighted by Gasteiger charge is 2.32. The average Bonchev–Trinajstić information content (AvgIpc) is 2.61. The predicted octanol–water partition coefficient (Wildman–Crippen LogP) is 2.27. The van der Waals surface area contributed by atoms with Crippen LogP contribution in [0.4, 0.5) is 4.39 Å². The summed E-state index contributed by atoms with van der Waals surface area (Å²) >= 11 is 0. The van der Waals surface area contributed by atoms with Crippen LogP contribution < -0.4 is 5.32 Å². The van der Waals surface area contributed by atoms with Crippen LogP contribution in [0.15, 0.2) is 48.5 Å². The molecule has 1 aliphatic rings. The van der Waals surface area contributed by atoms with E-state index in [1.54, 1.807) is 17.9 Å². The molecule has 0 saturated heterocycles. The monoisotopic (exact) mass is 342 g/mol. The maximum Gasteiger partial charge on any atom is 0.237 e. The number of fused-ring (bicyclic) bond motifs is 1. The molecule has 1 heterocycles. The lowest BCUT2D eigenvalue weighted by molar-refractivity contribution is -0.132. The maximum absolute atomic E-state index is 14.2. The molecule has 1 unspecified atom stereocenters. The van der Waals surface area contributed by atoms with Gasteiger partial charge in [-0.05, 0) is 36.1 Å². The Kier molecular flexibility index (Phi) is 5.46. The molecular formula is C20H23FN2O2. The SMILES string of the molecule is C[C@@H](O)CNCC(=O)N1CCc2c(F)cccc2C1c1ccccc1. The van der Waals surface area contributed by atoms with Crippen LogP contribution in [0, 0.1) is 5.82 Å². The number of hydrogen-bond donors (Lipinski definition) is 2.